The zero-order valence-electron chi connectivity index (χ0n) is 10.2. The van der Waals surface area contributed by atoms with Crippen molar-refractivity contribution in [1.82, 2.24) is 0 Å². The Balaban J connectivity index is 2.67. The van der Waals surface area contributed by atoms with E-state index in [-0.39, 0.29) is 0 Å². The highest BCUT2D eigenvalue weighted by Crippen LogP contribution is 2.26. The molecule has 2 aromatic rings. The maximum Gasteiger partial charge on any atom is 0.150 e. The summed E-state index contributed by atoms with van der Waals surface area (Å²) in [7, 11) is 1.66. The second-order valence-electron chi connectivity index (χ2n) is 4.09. The molecule has 2 aromatic carbocycles. The van der Waals surface area contributed by atoms with Gasteiger partial charge in [-0.25, -0.2) is 0 Å². The summed E-state index contributed by atoms with van der Waals surface area (Å²) in [6, 6.07) is 9.84. The number of benzene rings is 2. The first-order valence-corrected chi connectivity index (χ1v) is 5.85. The van der Waals surface area contributed by atoms with Gasteiger partial charge in [-0.3, -0.25) is 4.79 Å². The van der Waals surface area contributed by atoms with E-state index >= 15 is 0 Å². The van der Waals surface area contributed by atoms with E-state index in [0.29, 0.717) is 0 Å². The molecule has 0 bridgehead atoms. The average molecular weight is 228 g/mol. The summed E-state index contributed by atoms with van der Waals surface area (Å²) in [5.41, 5.74) is 1.94. The number of hydrogen-bond donors (Lipinski definition) is 0. The van der Waals surface area contributed by atoms with E-state index in [2.05, 4.69) is 6.92 Å². The molecule has 2 nitrogen and oxygen atoms in total. The molecule has 17 heavy (non-hydrogen) atoms. The van der Waals surface area contributed by atoms with Gasteiger partial charge in [-0.15, -0.1) is 0 Å². The predicted octanol–water partition coefficient (Wildman–Crippen LogP) is 3.61. The summed E-state index contributed by atoms with van der Waals surface area (Å²) < 4.78 is 5.21. The minimum absolute atomic E-state index is 0.796. The summed E-state index contributed by atoms with van der Waals surface area (Å²) in [5, 5.41) is 2.27. The summed E-state index contributed by atoms with van der Waals surface area (Å²) in [5.74, 6) is 0.846. The molecule has 0 spiro atoms. The highest BCUT2D eigenvalue weighted by atomic mass is 16.5. The quantitative estimate of drug-likeness (QED) is 0.747. The van der Waals surface area contributed by atoms with E-state index in [9.17, 15) is 4.79 Å². The summed E-state index contributed by atoms with van der Waals surface area (Å²) in [6.45, 7) is 2.12. The predicted molar refractivity (Wildman–Crippen MR) is 69.9 cm³/mol. The fourth-order valence-corrected chi connectivity index (χ4v) is 2.16. The van der Waals surface area contributed by atoms with Crippen LogP contribution in [0.3, 0.4) is 0 Å². The Bertz CT molecular complexity index is 544. The molecular formula is C15H16O2. The van der Waals surface area contributed by atoms with Gasteiger partial charge in [0.05, 0.1) is 7.11 Å². The molecule has 0 saturated carbocycles. The van der Waals surface area contributed by atoms with E-state index in [1.54, 1.807) is 7.11 Å². The van der Waals surface area contributed by atoms with Crippen LogP contribution in [-0.4, -0.2) is 13.4 Å². The van der Waals surface area contributed by atoms with Crippen molar-refractivity contribution >= 4 is 17.1 Å². The molecule has 0 aromatic heterocycles. The van der Waals surface area contributed by atoms with Crippen molar-refractivity contribution in [2.45, 2.75) is 19.8 Å². The van der Waals surface area contributed by atoms with Gasteiger partial charge in [0.15, 0.2) is 0 Å². The maximum absolute atomic E-state index is 11.0. The van der Waals surface area contributed by atoms with Gasteiger partial charge in [0.25, 0.3) is 0 Å². The number of fused-ring (bicyclic) bond motifs is 1. The normalized spacial score (nSPS) is 10.5. The lowest BCUT2D eigenvalue weighted by Gasteiger charge is -2.09. The largest absolute Gasteiger partial charge is 0.497 e. The minimum atomic E-state index is 0.796. The Morgan fingerprint density at radius 2 is 2.06 bits per heavy atom. The van der Waals surface area contributed by atoms with Crippen molar-refractivity contribution in [2.75, 3.05) is 7.11 Å². The van der Waals surface area contributed by atoms with E-state index in [4.69, 9.17) is 4.74 Å². The number of rotatable bonds is 4. The van der Waals surface area contributed by atoms with Crippen LogP contribution in [0, 0.1) is 0 Å². The Labute approximate surface area is 101 Å². The molecule has 2 rings (SSSR count). The fraction of sp³-hybridized carbons (Fsp3) is 0.267. The number of methoxy groups -OCH3 is 1. The molecule has 0 amide bonds. The summed E-state index contributed by atoms with van der Waals surface area (Å²) >= 11 is 0. The zero-order chi connectivity index (χ0) is 12.3. The molecule has 0 N–H and O–H groups in total. The highest BCUT2D eigenvalue weighted by molar-refractivity contribution is 5.93. The van der Waals surface area contributed by atoms with Gasteiger partial charge in [0, 0.05) is 5.56 Å². The number of aldehydes is 1. The Hall–Kier alpha value is -1.83. The molecule has 0 aliphatic carbocycles. The first-order chi connectivity index (χ1) is 8.30. The van der Waals surface area contributed by atoms with Crippen LogP contribution in [0.5, 0.6) is 5.75 Å². The lowest BCUT2D eigenvalue weighted by molar-refractivity contribution is 0.112. The van der Waals surface area contributed by atoms with Crippen molar-refractivity contribution in [3.8, 4) is 5.75 Å². The molecule has 2 heteroatoms. The molecule has 0 aliphatic heterocycles. The smallest absolute Gasteiger partial charge is 0.150 e. The number of hydrogen-bond acceptors (Lipinski definition) is 2. The summed E-state index contributed by atoms with van der Waals surface area (Å²) in [6.07, 6.45) is 2.90. The SMILES string of the molecule is CCCc1c(C=O)ccc2cc(OC)ccc12. The van der Waals surface area contributed by atoms with Crippen molar-refractivity contribution in [2.24, 2.45) is 0 Å². The van der Waals surface area contributed by atoms with Crippen LogP contribution >= 0.6 is 0 Å². The molecular weight excluding hydrogens is 212 g/mol. The van der Waals surface area contributed by atoms with Gasteiger partial charge < -0.3 is 4.74 Å². The van der Waals surface area contributed by atoms with Crippen LogP contribution in [0.4, 0.5) is 0 Å². The first-order valence-electron chi connectivity index (χ1n) is 5.85. The minimum Gasteiger partial charge on any atom is -0.497 e. The molecule has 0 radical (unpaired) electrons. The maximum atomic E-state index is 11.0. The van der Waals surface area contributed by atoms with E-state index in [1.807, 2.05) is 30.3 Å². The molecule has 0 unspecified atom stereocenters. The Morgan fingerprint density at radius 3 is 2.71 bits per heavy atom. The van der Waals surface area contributed by atoms with Crippen LogP contribution < -0.4 is 4.74 Å². The molecule has 88 valence electrons. The molecule has 0 aliphatic rings. The lowest BCUT2D eigenvalue weighted by Crippen LogP contribution is -1.94. The van der Waals surface area contributed by atoms with Crippen LogP contribution in [0.15, 0.2) is 30.3 Å². The van der Waals surface area contributed by atoms with Gasteiger partial charge in [0.2, 0.25) is 0 Å². The standard InChI is InChI=1S/C15H16O2/c1-3-4-14-12(10-16)6-5-11-9-13(17-2)7-8-15(11)14/h5-10H,3-4H2,1-2H3. The third-order valence-electron chi connectivity index (χ3n) is 3.00. The number of carbonyl (C=O) groups excluding carboxylic acids is 1. The van der Waals surface area contributed by atoms with Crippen molar-refractivity contribution in [3.63, 3.8) is 0 Å². The zero-order valence-corrected chi connectivity index (χ0v) is 10.2. The molecule has 0 fully saturated rings. The molecule has 0 saturated heterocycles. The van der Waals surface area contributed by atoms with Crippen molar-refractivity contribution in [3.05, 3.63) is 41.5 Å². The Kier molecular flexibility index (Phi) is 3.43. The van der Waals surface area contributed by atoms with Crippen molar-refractivity contribution < 1.29 is 9.53 Å². The average Bonchev–Trinajstić information content (AvgIpc) is 2.38. The molecule has 0 heterocycles. The number of carbonyl (C=O) groups is 1. The van der Waals surface area contributed by atoms with E-state index in [0.717, 1.165) is 46.8 Å². The van der Waals surface area contributed by atoms with Gasteiger partial charge in [-0.1, -0.05) is 31.5 Å². The summed E-state index contributed by atoms with van der Waals surface area (Å²) in [4.78, 5) is 11.0. The third-order valence-corrected chi connectivity index (χ3v) is 3.00. The highest BCUT2D eigenvalue weighted by Gasteiger charge is 2.07. The first kappa shape index (κ1) is 11.6. The van der Waals surface area contributed by atoms with Gasteiger partial charge in [-0.2, -0.15) is 0 Å². The lowest BCUT2D eigenvalue weighted by atomic mass is 9.96. The van der Waals surface area contributed by atoms with Gasteiger partial charge >= 0.3 is 0 Å². The van der Waals surface area contributed by atoms with Crippen molar-refractivity contribution in [1.29, 1.82) is 0 Å². The fourth-order valence-electron chi connectivity index (χ4n) is 2.16. The van der Waals surface area contributed by atoms with Crippen LogP contribution in [0.1, 0.15) is 29.3 Å². The topological polar surface area (TPSA) is 26.3 Å². The number of aryl methyl sites for hydroxylation is 1. The van der Waals surface area contributed by atoms with Crippen LogP contribution in [0.2, 0.25) is 0 Å². The van der Waals surface area contributed by atoms with Gasteiger partial charge in [-0.05, 0) is 34.9 Å². The van der Waals surface area contributed by atoms with Crippen LogP contribution in [-0.2, 0) is 6.42 Å². The second-order valence-corrected chi connectivity index (χ2v) is 4.09. The van der Waals surface area contributed by atoms with Crippen LogP contribution in [0.25, 0.3) is 10.8 Å². The van der Waals surface area contributed by atoms with E-state index < -0.39 is 0 Å². The second kappa shape index (κ2) is 5.00. The number of ether oxygens (including phenoxy) is 1. The third kappa shape index (κ3) is 2.16. The van der Waals surface area contributed by atoms with E-state index in [1.165, 1.54) is 0 Å². The monoisotopic (exact) mass is 228 g/mol. The molecule has 0 atom stereocenters. The Morgan fingerprint density at radius 1 is 1.24 bits per heavy atom. The van der Waals surface area contributed by atoms with Gasteiger partial charge in [0.1, 0.15) is 12.0 Å².